The van der Waals surface area contributed by atoms with Gasteiger partial charge >= 0.3 is 0 Å². The van der Waals surface area contributed by atoms with Gasteiger partial charge in [0.25, 0.3) is 0 Å². The molecule has 84 valence electrons. The summed E-state index contributed by atoms with van der Waals surface area (Å²) in [6.45, 7) is 5.82. The third-order valence-corrected chi connectivity index (χ3v) is 2.65. The van der Waals surface area contributed by atoms with Gasteiger partial charge in [0.05, 0.1) is 10.0 Å². The Morgan fingerprint density at radius 1 is 1.33 bits per heavy atom. The molecule has 15 heavy (non-hydrogen) atoms. The normalized spacial score (nSPS) is 12.5. The van der Waals surface area contributed by atoms with E-state index < -0.39 is 0 Å². The summed E-state index contributed by atoms with van der Waals surface area (Å²) >= 11 is 11.7. The van der Waals surface area contributed by atoms with Crippen molar-refractivity contribution in [1.29, 1.82) is 0 Å². The molecule has 0 saturated heterocycles. The SMILES string of the molecule is CCNCC(C)Oc1ccc(Cl)c(Cl)c1. The van der Waals surface area contributed by atoms with Crippen molar-refractivity contribution in [2.75, 3.05) is 13.1 Å². The number of nitrogens with one attached hydrogen (secondary N) is 1. The molecule has 0 amide bonds. The number of hydrogen-bond acceptors (Lipinski definition) is 2. The fourth-order valence-corrected chi connectivity index (χ4v) is 1.46. The Balaban J connectivity index is 2.53. The van der Waals surface area contributed by atoms with Gasteiger partial charge in [0, 0.05) is 12.6 Å². The standard InChI is InChI=1S/C11H15Cl2NO/c1-3-14-7-8(2)15-9-4-5-10(12)11(13)6-9/h4-6,8,14H,3,7H2,1-2H3. The van der Waals surface area contributed by atoms with E-state index in [4.69, 9.17) is 27.9 Å². The number of hydrogen-bond donors (Lipinski definition) is 1. The van der Waals surface area contributed by atoms with Crippen molar-refractivity contribution in [1.82, 2.24) is 5.32 Å². The van der Waals surface area contributed by atoms with Crippen molar-refractivity contribution >= 4 is 23.2 Å². The van der Waals surface area contributed by atoms with Crippen LogP contribution in [0.15, 0.2) is 18.2 Å². The molecule has 1 rings (SSSR count). The summed E-state index contributed by atoms with van der Waals surface area (Å²) in [5, 5.41) is 4.27. The molecule has 4 heteroatoms. The molecule has 0 saturated carbocycles. The van der Waals surface area contributed by atoms with Gasteiger partial charge in [0.2, 0.25) is 0 Å². The molecule has 0 bridgehead atoms. The van der Waals surface area contributed by atoms with E-state index in [2.05, 4.69) is 12.2 Å². The quantitative estimate of drug-likeness (QED) is 0.862. The Bertz CT molecular complexity index is 317. The van der Waals surface area contributed by atoms with E-state index >= 15 is 0 Å². The first-order chi connectivity index (χ1) is 7.13. The summed E-state index contributed by atoms with van der Waals surface area (Å²) in [7, 11) is 0. The Kier molecular flexibility index (Phi) is 5.23. The van der Waals surface area contributed by atoms with Crippen molar-refractivity contribution in [3.05, 3.63) is 28.2 Å². The highest BCUT2D eigenvalue weighted by molar-refractivity contribution is 6.42. The molecule has 0 heterocycles. The number of benzene rings is 1. The summed E-state index contributed by atoms with van der Waals surface area (Å²) in [5.74, 6) is 0.745. The summed E-state index contributed by atoms with van der Waals surface area (Å²) in [6, 6.07) is 5.28. The fraction of sp³-hybridized carbons (Fsp3) is 0.455. The van der Waals surface area contributed by atoms with Gasteiger partial charge in [-0.15, -0.1) is 0 Å². The zero-order valence-electron chi connectivity index (χ0n) is 8.89. The predicted octanol–water partition coefficient (Wildman–Crippen LogP) is 3.37. The molecular formula is C11H15Cl2NO. The second kappa shape index (κ2) is 6.21. The molecule has 2 nitrogen and oxygen atoms in total. The minimum absolute atomic E-state index is 0.113. The fourth-order valence-electron chi connectivity index (χ4n) is 1.17. The second-order valence-corrected chi connectivity index (χ2v) is 4.13. The third-order valence-electron chi connectivity index (χ3n) is 1.91. The monoisotopic (exact) mass is 247 g/mol. The van der Waals surface area contributed by atoms with Gasteiger partial charge < -0.3 is 10.1 Å². The maximum Gasteiger partial charge on any atom is 0.121 e. The molecule has 0 aliphatic rings. The van der Waals surface area contributed by atoms with Crippen molar-refractivity contribution in [2.45, 2.75) is 20.0 Å². The molecular weight excluding hydrogens is 233 g/mol. The summed E-state index contributed by atoms with van der Waals surface area (Å²) in [6.07, 6.45) is 0.113. The molecule has 1 N–H and O–H groups in total. The Morgan fingerprint density at radius 3 is 2.67 bits per heavy atom. The molecule has 0 aliphatic carbocycles. The van der Waals surface area contributed by atoms with Crippen LogP contribution < -0.4 is 10.1 Å². The van der Waals surface area contributed by atoms with E-state index in [0.717, 1.165) is 18.8 Å². The van der Waals surface area contributed by atoms with Gasteiger partial charge in [-0.25, -0.2) is 0 Å². The molecule has 1 atom stereocenters. The van der Waals surface area contributed by atoms with Gasteiger partial charge in [0.1, 0.15) is 11.9 Å². The van der Waals surface area contributed by atoms with Gasteiger partial charge in [0.15, 0.2) is 0 Å². The first-order valence-corrected chi connectivity index (χ1v) is 5.71. The van der Waals surface area contributed by atoms with Crippen molar-refractivity contribution in [2.24, 2.45) is 0 Å². The first kappa shape index (κ1) is 12.6. The highest BCUT2D eigenvalue weighted by Gasteiger charge is 2.05. The lowest BCUT2D eigenvalue weighted by Crippen LogP contribution is -2.28. The van der Waals surface area contributed by atoms with Crippen LogP contribution in [0, 0.1) is 0 Å². The van der Waals surface area contributed by atoms with Crippen LogP contribution in [0.4, 0.5) is 0 Å². The molecule has 0 spiro atoms. The molecule has 1 unspecified atom stereocenters. The summed E-state index contributed by atoms with van der Waals surface area (Å²) in [5.41, 5.74) is 0. The third kappa shape index (κ3) is 4.29. The van der Waals surface area contributed by atoms with E-state index in [-0.39, 0.29) is 6.10 Å². The number of halogens is 2. The average molecular weight is 248 g/mol. The van der Waals surface area contributed by atoms with E-state index in [1.54, 1.807) is 12.1 Å². The first-order valence-electron chi connectivity index (χ1n) is 4.96. The lowest BCUT2D eigenvalue weighted by atomic mass is 10.3. The second-order valence-electron chi connectivity index (χ2n) is 3.31. The van der Waals surface area contributed by atoms with Gasteiger partial charge in [-0.3, -0.25) is 0 Å². The minimum atomic E-state index is 0.113. The minimum Gasteiger partial charge on any atom is -0.489 e. The zero-order chi connectivity index (χ0) is 11.3. The molecule has 1 aromatic carbocycles. The van der Waals surface area contributed by atoms with Crippen LogP contribution in [-0.4, -0.2) is 19.2 Å². The largest absolute Gasteiger partial charge is 0.489 e. The molecule has 0 aliphatic heterocycles. The topological polar surface area (TPSA) is 21.3 Å². The Hall–Kier alpha value is -0.440. The predicted molar refractivity (Wildman–Crippen MR) is 65.1 cm³/mol. The van der Waals surface area contributed by atoms with Crippen molar-refractivity contribution < 1.29 is 4.74 Å². The van der Waals surface area contributed by atoms with Crippen LogP contribution in [0.1, 0.15) is 13.8 Å². The molecule has 1 aromatic rings. The van der Waals surface area contributed by atoms with Crippen LogP contribution >= 0.6 is 23.2 Å². The van der Waals surface area contributed by atoms with E-state index in [0.29, 0.717) is 10.0 Å². The molecule has 0 fully saturated rings. The van der Waals surface area contributed by atoms with E-state index in [1.807, 2.05) is 13.0 Å². The highest BCUT2D eigenvalue weighted by atomic mass is 35.5. The van der Waals surface area contributed by atoms with Crippen LogP contribution in [0.2, 0.25) is 10.0 Å². The Morgan fingerprint density at radius 2 is 2.07 bits per heavy atom. The maximum absolute atomic E-state index is 5.87. The zero-order valence-corrected chi connectivity index (χ0v) is 10.4. The van der Waals surface area contributed by atoms with Crippen LogP contribution in [-0.2, 0) is 0 Å². The van der Waals surface area contributed by atoms with E-state index in [9.17, 15) is 0 Å². The number of likely N-dealkylation sites (N-methyl/N-ethyl adjacent to an activating group) is 1. The summed E-state index contributed by atoms with van der Waals surface area (Å²) in [4.78, 5) is 0. The lowest BCUT2D eigenvalue weighted by Gasteiger charge is -2.15. The van der Waals surface area contributed by atoms with Gasteiger partial charge in [-0.2, -0.15) is 0 Å². The van der Waals surface area contributed by atoms with Crippen LogP contribution in [0.25, 0.3) is 0 Å². The molecule has 0 aromatic heterocycles. The van der Waals surface area contributed by atoms with Crippen LogP contribution in [0.5, 0.6) is 5.75 Å². The van der Waals surface area contributed by atoms with Crippen molar-refractivity contribution in [3.63, 3.8) is 0 Å². The lowest BCUT2D eigenvalue weighted by molar-refractivity contribution is 0.218. The van der Waals surface area contributed by atoms with Crippen LogP contribution in [0.3, 0.4) is 0 Å². The maximum atomic E-state index is 5.87. The average Bonchev–Trinajstić information content (AvgIpc) is 2.20. The van der Waals surface area contributed by atoms with E-state index in [1.165, 1.54) is 0 Å². The summed E-state index contributed by atoms with van der Waals surface area (Å²) < 4.78 is 5.65. The smallest absolute Gasteiger partial charge is 0.121 e. The number of ether oxygens (including phenoxy) is 1. The van der Waals surface area contributed by atoms with Gasteiger partial charge in [-0.1, -0.05) is 30.1 Å². The Labute approximate surface area is 101 Å². The van der Waals surface area contributed by atoms with Crippen molar-refractivity contribution in [3.8, 4) is 5.75 Å². The highest BCUT2D eigenvalue weighted by Crippen LogP contribution is 2.26. The van der Waals surface area contributed by atoms with Gasteiger partial charge in [-0.05, 0) is 25.6 Å². The molecule has 0 radical (unpaired) electrons. The number of rotatable bonds is 5.